The summed E-state index contributed by atoms with van der Waals surface area (Å²) < 4.78 is 51.2. The molecule has 1 rings (SSSR count). The third kappa shape index (κ3) is 4.69. The summed E-state index contributed by atoms with van der Waals surface area (Å²) >= 11 is 0. The van der Waals surface area contributed by atoms with Crippen LogP contribution in [0.1, 0.15) is 36.2 Å². The second-order valence-corrected chi connectivity index (χ2v) is 5.62. The minimum absolute atomic E-state index is 0.103. The molecule has 0 saturated heterocycles. The van der Waals surface area contributed by atoms with Crippen LogP contribution >= 0.6 is 0 Å². The lowest BCUT2D eigenvalue weighted by Gasteiger charge is -2.22. The number of benzene rings is 1. The molecule has 0 radical (unpaired) electrons. The van der Waals surface area contributed by atoms with Gasteiger partial charge in [-0.2, -0.15) is 13.2 Å². The zero-order valence-electron chi connectivity index (χ0n) is 12.7. The van der Waals surface area contributed by atoms with E-state index in [1.807, 2.05) is 13.8 Å². The molecule has 0 bridgehead atoms. The SMILES string of the molecule is CC(C)C(N)CCN(C)C(=O)c1ccc(F)c(C(F)(F)F)c1. The molecule has 1 aromatic rings. The first kappa shape index (κ1) is 18.4. The van der Waals surface area contributed by atoms with Crippen LogP contribution in [0.25, 0.3) is 0 Å². The Morgan fingerprint density at radius 1 is 1.32 bits per heavy atom. The Bertz CT molecular complexity index is 529. The fourth-order valence-electron chi connectivity index (χ4n) is 1.87. The van der Waals surface area contributed by atoms with Crippen molar-refractivity contribution < 1.29 is 22.4 Å². The van der Waals surface area contributed by atoms with Crippen LogP contribution in [-0.4, -0.2) is 30.4 Å². The van der Waals surface area contributed by atoms with Crippen LogP contribution in [0.2, 0.25) is 0 Å². The molecule has 2 N–H and O–H groups in total. The maximum Gasteiger partial charge on any atom is 0.419 e. The molecule has 0 fully saturated rings. The van der Waals surface area contributed by atoms with Crippen LogP contribution in [0.4, 0.5) is 17.6 Å². The Labute approximate surface area is 127 Å². The zero-order chi connectivity index (χ0) is 17.1. The Balaban J connectivity index is 2.85. The van der Waals surface area contributed by atoms with Crippen molar-refractivity contribution in [3.63, 3.8) is 0 Å². The number of nitrogens with two attached hydrogens (primary N) is 1. The van der Waals surface area contributed by atoms with Crippen LogP contribution in [0.3, 0.4) is 0 Å². The van der Waals surface area contributed by atoms with Gasteiger partial charge in [-0.15, -0.1) is 0 Å². The van der Waals surface area contributed by atoms with E-state index < -0.39 is 23.5 Å². The average Bonchev–Trinajstić information content (AvgIpc) is 2.42. The van der Waals surface area contributed by atoms with Gasteiger partial charge in [-0.05, 0) is 30.5 Å². The first-order valence-electron chi connectivity index (χ1n) is 6.91. The van der Waals surface area contributed by atoms with Gasteiger partial charge in [0.15, 0.2) is 0 Å². The summed E-state index contributed by atoms with van der Waals surface area (Å²) in [6, 6.07) is 2.14. The summed E-state index contributed by atoms with van der Waals surface area (Å²) in [6.45, 7) is 4.21. The lowest BCUT2D eigenvalue weighted by atomic mass is 10.0. The van der Waals surface area contributed by atoms with E-state index in [4.69, 9.17) is 5.73 Å². The normalized spacial score (nSPS) is 13.3. The van der Waals surface area contributed by atoms with Crippen LogP contribution in [-0.2, 0) is 6.18 Å². The molecule has 1 unspecified atom stereocenters. The number of hydrogen-bond donors (Lipinski definition) is 1. The maximum atomic E-state index is 13.2. The second kappa shape index (κ2) is 7.09. The van der Waals surface area contributed by atoms with Gasteiger partial charge in [0.2, 0.25) is 0 Å². The van der Waals surface area contributed by atoms with Crippen molar-refractivity contribution in [1.82, 2.24) is 4.90 Å². The molecule has 0 aliphatic rings. The van der Waals surface area contributed by atoms with Gasteiger partial charge < -0.3 is 10.6 Å². The Morgan fingerprint density at radius 3 is 2.41 bits per heavy atom. The first-order valence-corrected chi connectivity index (χ1v) is 6.91. The van der Waals surface area contributed by atoms with Gasteiger partial charge >= 0.3 is 6.18 Å². The highest BCUT2D eigenvalue weighted by atomic mass is 19.4. The number of alkyl halides is 3. The molecule has 3 nitrogen and oxygen atoms in total. The van der Waals surface area contributed by atoms with E-state index in [0.717, 1.165) is 6.07 Å². The Kier molecular flexibility index (Phi) is 5.93. The van der Waals surface area contributed by atoms with Gasteiger partial charge in [0.1, 0.15) is 5.82 Å². The summed E-state index contributed by atoms with van der Waals surface area (Å²) in [5, 5.41) is 0. The van der Waals surface area contributed by atoms with E-state index in [-0.39, 0.29) is 17.5 Å². The van der Waals surface area contributed by atoms with Gasteiger partial charge in [-0.3, -0.25) is 4.79 Å². The van der Waals surface area contributed by atoms with Crippen LogP contribution in [0, 0.1) is 11.7 Å². The number of halogens is 4. The molecule has 124 valence electrons. The highest BCUT2D eigenvalue weighted by Gasteiger charge is 2.34. The topological polar surface area (TPSA) is 46.3 Å². The molecule has 0 aromatic heterocycles. The lowest BCUT2D eigenvalue weighted by molar-refractivity contribution is -0.140. The number of nitrogens with zero attached hydrogens (tertiary/aromatic N) is 1. The van der Waals surface area contributed by atoms with E-state index in [2.05, 4.69) is 0 Å². The molecule has 0 heterocycles. The molecular formula is C15H20F4N2O. The summed E-state index contributed by atoms with van der Waals surface area (Å²) in [5.74, 6) is -1.75. The molecule has 0 spiro atoms. The predicted molar refractivity (Wildman–Crippen MR) is 75.8 cm³/mol. The van der Waals surface area contributed by atoms with Gasteiger partial charge in [0, 0.05) is 25.2 Å². The first-order chi connectivity index (χ1) is 10.0. The highest BCUT2D eigenvalue weighted by Crippen LogP contribution is 2.32. The van der Waals surface area contributed by atoms with Crippen LogP contribution in [0.15, 0.2) is 18.2 Å². The molecule has 1 amide bonds. The van der Waals surface area contributed by atoms with Crippen molar-refractivity contribution in [3.05, 3.63) is 35.1 Å². The van der Waals surface area contributed by atoms with Gasteiger partial charge in [-0.1, -0.05) is 13.8 Å². The standard InChI is InChI=1S/C15H20F4N2O/c1-9(2)13(20)6-7-21(3)14(22)10-4-5-12(16)11(8-10)15(17,18)19/h4-5,8-9,13H,6-7,20H2,1-3H3. The highest BCUT2D eigenvalue weighted by molar-refractivity contribution is 5.94. The van der Waals surface area contributed by atoms with Gasteiger partial charge in [0.25, 0.3) is 5.91 Å². The zero-order valence-corrected chi connectivity index (χ0v) is 12.7. The minimum atomic E-state index is -4.83. The fourth-order valence-corrected chi connectivity index (χ4v) is 1.87. The number of rotatable bonds is 5. The van der Waals surface area contributed by atoms with Crippen molar-refractivity contribution >= 4 is 5.91 Å². The Hall–Kier alpha value is -1.63. The van der Waals surface area contributed by atoms with E-state index in [0.29, 0.717) is 25.1 Å². The van der Waals surface area contributed by atoms with E-state index >= 15 is 0 Å². The molecule has 1 aromatic carbocycles. The third-order valence-electron chi connectivity index (χ3n) is 3.52. The largest absolute Gasteiger partial charge is 0.419 e. The van der Waals surface area contributed by atoms with E-state index in [1.165, 1.54) is 11.9 Å². The Morgan fingerprint density at radius 2 is 1.91 bits per heavy atom. The molecule has 22 heavy (non-hydrogen) atoms. The van der Waals surface area contributed by atoms with Crippen LogP contribution in [0.5, 0.6) is 0 Å². The molecule has 0 aliphatic heterocycles. The van der Waals surface area contributed by atoms with Gasteiger partial charge in [-0.25, -0.2) is 4.39 Å². The number of hydrogen-bond acceptors (Lipinski definition) is 2. The van der Waals surface area contributed by atoms with Crippen molar-refractivity contribution in [2.45, 2.75) is 32.5 Å². The lowest BCUT2D eigenvalue weighted by Crippen LogP contribution is -2.34. The second-order valence-electron chi connectivity index (χ2n) is 5.62. The number of carbonyl (C=O) groups excluding carboxylic acids is 1. The maximum absolute atomic E-state index is 13.2. The molecule has 0 aliphatic carbocycles. The van der Waals surface area contributed by atoms with Crippen molar-refractivity contribution in [1.29, 1.82) is 0 Å². The smallest absolute Gasteiger partial charge is 0.342 e. The monoisotopic (exact) mass is 320 g/mol. The summed E-state index contributed by atoms with van der Waals surface area (Å²) in [6.07, 6.45) is -4.30. The van der Waals surface area contributed by atoms with E-state index in [9.17, 15) is 22.4 Å². The van der Waals surface area contributed by atoms with Crippen molar-refractivity contribution in [2.75, 3.05) is 13.6 Å². The quantitative estimate of drug-likeness (QED) is 0.846. The predicted octanol–water partition coefficient (Wildman–Crippen LogP) is 3.29. The summed E-state index contributed by atoms with van der Waals surface area (Å²) in [5.41, 5.74) is 4.23. The third-order valence-corrected chi connectivity index (χ3v) is 3.52. The molecular weight excluding hydrogens is 300 g/mol. The number of amides is 1. The van der Waals surface area contributed by atoms with Gasteiger partial charge in [0.05, 0.1) is 5.56 Å². The fraction of sp³-hybridized carbons (Fsp3) is 0.533. The van der Waals surface area contributed by atoms with E-state index in [1.54, 1.807) is 0 Å². The van der Waals surface area contributed by atoms with Crippen LogP contribution < -0.4 is 5.73 Å². The molecule has 1 atom stereocenters. The van der Waals surface area contributed by atoms with Crippen molar-refractivity contribution in [3.8, 4) is 0 Å². The summed E-state index contributed by atoms with van der Waals surface area (Å²) in [4.78, 5) is 13.4. The number of carbonyl (C=O) groups is 1. The molecule has 7 heteroatoms. The molecule has 0 saturated carbocycles. The summed E-state index contributed by atoms with van der Waals surface area (Å²) in [7, 11) is 1.48. The minimum Gasteiger partial charge on any atom is -0.342 e. The van der Waals surface area contributed by atoms with Crippen molar-refractivity contribution in [2.24, 2.45) is 11.7 Å². The average molecular weight is 320 g/mol.